The van der Waals surface area contributed by atoms with E-state index in [1.807, 2.05) is 0 Å². The molecule has 4 aromatic rings. The minimum Gasteiger partial charge on any atom is -0.494 e. The second kappa shape index (κ2) is 11.1. The fourth-order valence-corrected chi connectivity index (χ4v) is 6.25. The van der Waals surface area contributed by atoms with Gasteiger partial charge in [0.15, 0.2) is 5.82 Å². The number of anilines is 1. The van der Waals surface area contributed by atoms with Crippen molar-refractivity contribution in [1.29, 1.82) is 0 Å². The van der Waals surface area contributed by atoms with Crippen LogP contribution >= 0.6 is 22.9 Å². The van der Waals surface area contributed by atoms with E-state index in [9.17, 15) is 0 Å². The first-order valence-electron chi connectivity index (χ1n) is 11.9. The van der Waals surface area contributed by atoms with Crippen LogP contribution in [0.5, 0.6) is 5.75 Å². The highest BCUT2D eigenvalue weighted by Crippen LogP contribution is 2.33. The second-order valence-electron chi connectivity index (χ2n) is 8.75. The molecule has 1 aliphatic heterocycles. The molecule has 0 amide bonds. The smallest absolute Gasteiger partial charge is 0.151 e. The molecule has 3 heterocycles. The number of likely N-dealkylation sites (tertiary alicyclic amines) is 1. The molecule has 33 heavy (non-hydrogen) atoms. The predicted octanol–water partition coefficient (Wildman–Crippen LogP) is 6.82. The first-order valence-corrected chi connectivity index (χ1v) is 13.6. The number of piperidine rings is 1. The highest BCUT2D eigenvalue weighted by molar-refractivity contribution is 7.19. The van der Waals surface area contributed by atoms with Crippen LogP contribution in [0.3, 0.4) is 0 Å². The Hall–Kier alpha value is -2.41. The molecule has 1 aliphatic rings. The first-order chi connectivity index (χ1) is 16.3. The van der Waals surface area contributed by atoms with Gasteiger partial charge in [-0.05, 0) is 67.1 Å². The summed E-state index contributed by atoms with van der Waals surface area (Å²) in [5.41, 5.74) is 2.66. The van der Waals surface area contributed by atoms with Gasteiger partial charge in [-0.3, -0.25) is 4.90 Å². The minimum atomic E-state index is 0.704. The zero-order valence-corrected chi connectivity index (χ0v) is 20.6. The molecular weight excluding hydrogens is 446 g/mol. The van der Waals surface area contributed by atoms with Crippen molar-refractivity contribution in [2.75, 3.05) is 31.1 Å². The van der Waals surface area contributed by atoms with Crippen molar-refractivity contribution in [1.82, 2.24) is 9.27 Å². The van der Waals surface area contributed by atoms with Crippen molar-refractivity contribution in [3.63, 3.8) is 0 Å². The Morgan fingerprint density at radius 1 is 0.939 bits per heavy atom. The van der Waals surface area contributed by atoms with Crippen LogP contribution in [0.15, 0.2) is 65.4 Å². The molecule has 0 aliphatic carbocycles. The number of aromatic nitrogens is 1. The number of rotatable bonds is 10. The molecule has 4 nitrogen and oxygen atoms in total. The van der Waals surface area contributed by atoms with Crippen molar-refractivity contribution in [2.24, 2.45) is 0 Å². The van der Waals surface area contributed by atoms with Crippen LogP contribution in [-0.2, 0) is 13.1 Å². The standard InChI is InChI=1S/C27H31N3OS2/c1-3-9-22(10-4-1)19-30(27-25-20-32-21-26(25)33-28-27)15-8-16-31-24-12-7-11-23(17-24)18-29-13-5-2-6-14-29/h1,3-4,7,9-12,17,20-21H,2,5-6,8,13-16,18-19H2. The van der Waals surface area contributed by atoms with Crippen LogP contribution in [0.25, 0.3) is 10.1 Å². The third-order valence-corrected chi connectivity index (χ3v) is 7.90. The normalized spacial score (nSPS) is 14.5. The minimum absolute atomic E-state index is 0.704. The van der Waals surface area contributed by atoms with Crippen LogP contribution in [0.2, 0.25) is 0 Å². The predicted molar refractivity (Wildman–Crippen MR) is 141 cm³/mol. The number of thiophene rings is 1. The molecule has 0 atom stereocenters. The highest BCUT2D eigenvalue weighted by atomic mass is 32.1. The van der Waals surface area contributed by atoms with Crippen LogP contribution < -0.4 is 9.64 Å². The van der Waals surface area contributed by atoms with Gasteiger partial charge in [-0.1, -0.05) is 48.9 Å². The molecule has 0 unspecified atom stereocenters. The Balaban J connectivity index is 1.19. The van der Waals surface area contributed by atoms with Gasteiger partial charge in [0, 0.05) is 35.8 Å². The molecule has 6 heteroatoms. The molecule has 1 saturated heterocycles. The molecule has 1 fully saturated rings. The molecule has 2 aromatic heterocycles. The van der Waals surface area contributed by atoms with Crippen LogP contribution in [0.4, 0.5) is 5.82 Å². The van der Waals surface area contributed by atoms with Gasteiger partial charge in [0.1, 0.15) is 5.75 Å². The lowest BCUT2D eigenvalue weighted by atomic mass is 10.1. The second-order valence-corrected chi connectivity index (χ2v) is 10.3. The van der Waals surface area contributed by atoms with Crippen molar-refractivity contribution in [2.45, 2.75) is 38.8 Å². The summed E-state index contributed by atoms with van der Waals surface area (Å²) >= 11 is 3.35. The molecule has 0 radical (unpaired) electrons. The lowest BCUT2D eigenvalue weighted by Gasteiger charge is -2.26. The number of hydrogen-bond acceptors (Lipinski definition) is 6. The molecule has 0 bridgehead atoms. The third kappa shape index (κ3) is 5.94. The summed E-state index contributed by atoms with van der Waals surface area (Å²) in [6.07, 6.45) is 4.98. The van der Waals surface area contributed by atoms with Gasteiger partial charge in [-0.25, -0.2) is 0 Å². The van der Waals surface area contributed by atoms with E-state index in [1.165, 1.54) is 53.6 Å². The Morgan fingerprint density at radius 2 is 1.79 bits per heavy atom. The number of nitrogens with zero attached hydrogens (tertiary/aromatic N) is 3. The zero-order valence-electron chi connectivity index (χ0n) is 19.0. The molecule has 2 aromatic carbocycles. The monoisotopic (exact) mass is 477 g/mol. The van der Waals surface area contributed by atoms with Crippen LogP contribution in [0.1, 0.15) is 36.8 Å². The third-order valence-electron chi connectivity index (χ3n) is 6.21. The van der Waals surface area contributed by atoms with Crippen LogP contribution in [0, 0.1) is 0 Å². The van der Waals surface area contributed by atoms with Crippen molar-refractivity contribution in [3.8, 4) is 5.75 Å². The molecule has 0 spiro atoms. The van der Waals surface area contributed by atoms with E-state index in [0.29, 0.717) is 6.61 Å². The molecule has 0 saturated carbocycles. The van der Waals surface area contributed by atoms with E-state index in [4.69, 9.17) is 9.11 Å². The lowest BCUT2D eigenvalue weighted by molar-refractivity contribution is 0.220. The summed E-state index contributed by atoms with van der Waals surface area (Å²) in [6.45, 7) is 5.95. The van der Waals surface area contributed by atoms with Gasteiger partial charge in [0.05, 0.1) is 11.3 Å². The Labute approximate surface area is 204 Å². The SMILES string of the molecule is c1ccc(CN(CCCOc2cccc(CN3CCCCC3)c2)c2nsc3cscc23)cc1. The van der Waals surface area contributed by atoms with E-state index >= 15 is 0 Å². The Morgan fingerprint density at radius 3 is 2.67 bits per heavy atom. The van der Waals surface area contributed by atoms with Crippen molar-refractivity contribution in [3.05, 3.63) is 76.5 Å². The van der Waals surface area contributed by atoms with Gasteiger partial charge in [0.2, 0.25) is 0 Å². The Bertz CT molecular complexity index is 1130. The maximum atomic E-state index is 6.17. The van der Waals surface area contributed by atoms with E-state index < -0.39 is 0 Å². The summed E-state index contributed by atoms with van der Waals surface area (Å²) in [6, 6.07) is 19.3. The summed E-state index contributed by atoms with van der Waals surface area (Å²) < 4.78 is 12.2. The number of ether oxygens (including phenoxy) is 1. The van der Waals surface area contributed by atoms with Gasteiger partial charge in [-0.15, -0.1) is 0 Å². The van der Waals surface area contributed by atoms with Crippen molar-refractivity contribution >= 4 is 38.8 Å². The van der Waals surface area contributed by atoms with Gasteiger partial charge in [-0.2, -0.15) is 15.7 Å². The maximum absolute atomic E-state index is 6.17. The lowest BCUT2D eigenvalue weighted by Crippen LogP contribution is -2.29. The van der Waals surface area contributed by atoms with Crippen LogP contribution in [-0.4, -0.2) is 35.5 Å². The Kier molecular flexibility index (Phi) is 7.56. The summed E-state index contributed by atoms with van der Waals surface area (Å²) in [7, 11) is 0. The number of fused-ring (bicyclic) bond motifs is 1. The number of hydrogen-bond donors (Lipinski definition) is 0. The average Bonchev–Trinajstić information content (AvgIpc) is 3.47. The maximum Gasteiger partial charge on any atom is 0.151 e. The summed E-state index contributed by atoms with van der Waals surface area (Å²) in [5.74, 6) is 2.08. The largest absolute Gasteiger partial charge is 0.494 e. The van der Waals surface area contributed by atoms with Gasteiger partial charge < -0.3 is 9.64 Å². The fourth-order valence-electron chi connectivity index (χ4n) is 4.51. The fraction of sp³-hybridized carbons (Fsp3) is 0.370. The van der Waals surface area contributed by atoms with E-state index in [2.05, 4.69) is 75.2 Å². The molecule has 5 rings (SSSR count). The van der Waals surface area contributed by atoms with E-state index in [-0.39, 0.29) is 0 Å². The van der Waals surface area contributed by atoms with Gasteiger partial charge in [0.25, 0.3) is 0 Å². The highest BCUT2D eigenvalue weighted by Gasteiger charge is 2.15. The van der Waals surface area contributed by atoms with Gasteiger partial charge >= 0.3 is 0 Å². The quantitative estimate of drug-likeness (QED) is 0.234. The van der Waals surface area contributed by atoms with E-state index in [1.54, 1.807) is 22.9 Å². The first kappa shape index (κ1) is 22.4. The van der Waals surface area contributed by atoms with Crippen molar-refractivity contribution < 1.29 is 4.74 Å². The number of benzene rings is 2. The topological polar surface area (TPSA) is 28.6 Å². The average molecular weight is 478 g/mol. The molecule has 172 valence electrons. The molecular formula is C27H31N3OS2. The summed E-state index contributed by atoms with van der Waals surface area (Å²) in [4.78, 5) is 4.96. The summed E-state index contributed by atoms with van der Waals surface area (Å²) in [5, 5.41) is 5.68. The zero-order chi connectivity index (χ0) is 22.3. The molecule has 0 N–H and O–H groups in total. The van der Waals surface area contributed by atoms with E-state index in [0.717, 1.165) is 37.6 Å².